The fourth-order valence-corrected chi connectivity index (χ4v) is 3.61. The average molecular weight is 287 g/mol. The zero-order valence-corrected chi connectivity index (χ0v) is 13.9. The highest BCUT2D eigenvalue weighted by atomic mass is 16.1. The molecule has 0 aromatic heterocycles. The minimum absolute atomic E-state index is 0.0509. The Hall–Kier alpha value is -1.31. The second-order valence-corrected chi connectivity index (χ2v) is 7.04. The lowest BCUT2D eigenvalue weighted by molar-refractivity contribution is -0.123. The Morgan fingerprint density at radius 2 is 1.86 bits per heavy atom. The molecule has 1 unspecified atom stereocenters. The average Bonchev–Trinajstić information content (AvgIpc) is 2.46. The van der Waals surface area contributed by atoms with E-state index >= 15 is 0 Å². The number of carbonyl (C=O) groups excluding carboxylic acids is 1. The molecule has 1 aromatic carbocycles. The molecule has 0 saturated heterocycles. The summed E-state index contributed by atoms with van der Waals surface area (Å²) in [6.45, 7) is 9.77. The van der Waals surface area contributed by atoms with E-state index in [-0.39, 0.29) is 11.8 Å². The maximum absolute atomic E-state index is 12.6. The predicted molar refractivity (Wildman–Crippen MR) is 88.3 cm³/mol. The molecule has 1 N–H and O–H groups in total. The van der Waals surface area contributed by atoms with Crippen molar-refractivity contribution in [3.63, 3.8) is 0 Å². The molecule has 1 amide bonds. The number of amides is 1. The molecule has 2 rings (SSSR count). The van der Waals surface area contributed by atoms with E-state index in [0.717, 1.165) is 25.8 Å². The molecule has 2 heteroatoms. The highest BCUT2D eigenvalue weighted by Gasteiger charge is 2.27. The van der Waals surface area contributed by atoms with Crippen LogP contribution in [0.5, 0.6) is 0 Å². The van der Waals surface area contributed by atoms with Gasteiger partial charge in [0, 0.05) is 6.54 Å². The first-order chi connectivity index (χ1) is 10.0. The molecule has 0 heterocycles. The van der Waals surface area contributed by atoms with Crippen LogP contribution in [0.15, 0.2) is 24.3 Å². The molecule has 1 aliphatic rings. The maximum atomic E-state index is 12.6. The van der Waals surface area contributed by atoms with E-state index in [2.05, 4.69) is 57.3 Å². The van der Waals surface area contributed by atoms with Crippen LogP contribution in [0, 0.1) is 17.8 Å². The van der Waals surface area contributed by atoms with Crippen LogP contribution in [0.4, 0.5) is 0 Å². The predicted octanol–water partition coefficient (Wildman–Crippen LogP) is 4.15. The van der Waals surface area contributed by atoms with Crippen molar-refractivity contribution in [2.24, 2.45) is 17.8 Å². The summed E-state index contributed by atoms with van der Waals surface area (Å²) in [4.78, 5) is 12.6. The normalized spacial score (nSPS) is 18.1. The fourth-order valence-electron chi connectivity index (χ4n) is 3.61. The SMILES string of the molecule is CC(C)C(CNC(=O)C1CCCc2ccccc21)C(C)C. The minimum Gasteiger partial charge on any atom is -0.355 e. The van der Waals surface area contributed by atoms with Gasteiger partial charge in [0.05, 0.1) is 5.92 Å². The van der Waals surface area contributed by atoms with Crippen LogP contribution in [0.2, 0.25) is 0 Å². The van der Waals surface area contributed by atoms with Gasteiger partial charge in [-0.15, -0.1) is 0 Å². The molecule has 116 valence electrons. The monoisotopic (exact) mass is 287 g/mol. The molecule has 0 fully saturated rings. The van der Waals surface area contributed by atoms with Crippen LogP contribution in [0.1, 0.15) is 57.6 Å². The van der Waals surface area contributed by atoms with Crippen LogP contribution in [0.3, 0.4) is 0 Å². The van der Waals surface area contributed by atoms with Gasteiger partial charge in [-0.2, -0.15) is 0 Å². The molecule has 0 aliphatic heterocycles. The first-order valence-electron chi connectivity index (χ1n) is 8.36. The smallest absolute Gasteiger partial charge is 0.227 e. The number of hydrogen-bond acceptors (Lipinski definition) is 1. The van der Waals surface area contributed by atoms with Gasteiger partial charge in [-0.25, -0.2) is 0 Å². The molecule has 1 aliphatic carbocycles. The number of hydrogen-bond donors (Lipinski definition) is 1. The van der Waals surface area contributed by atoms with Gasteiger partial charge < -0.3 is 5.32 Å². The molecule has 0 saturated carbocycles. The lowest BCUT2D eigenvalue weighted by Gasteiger charge is -2.28. The summed E-state index contributed by atoms with van der Waals surface area (Å²) in [6, 6.07) is 8.42. The Morgan fingerprint density at radius 3 is 2.52 bits per heavy atom. The van der Waals surface area contributed by atoms with Gasteiger partial charge in [0.25, 0.3) is 0 Å². The zero-order chi connectivity index (χ0) is 15.4. The van der Waals surface area contributed by atoms with Crippen LogP contribution >= 0.6 is 0 Å². The van der Waals surface area contributed by atoms with Crippen molar-refractivity contribution >= 4 is 5.91 Å². The van der Waals surface area contributed by atoms with Crippen LogP contribution < -0.4 is 5.32 Å². The summed E-state index contributed by atoms with van der Waals surface area (Å²) in [5.74, 6) is 2.02. The minimum atomic E-state index is 0.0509. The first kappa shape index (κ1) is 16.1. The Labute approximate surface area is 129 Å². The van der Waals surface area contributed by atoms with Crippen molar-refractivity contribution in [1.82, 2.24) is 5.32 Å². The third kappa shape index (κ3) is 3.87. The van der Waals surface area contributed by atoms with Crippen LogP contribution in [-0.2, 0) is 11.2 Å². The summed E-state index contributed by atoms with van der Waals surface area (Å²) in [5.41, 5.74) is 2.60. The van der Waals surface area contributed by atoms with E-state index in [0.29, 0.717) is 17.8 Å². The zero-order valence-electron chi connectivity index (χ0n) is 13.9. The van der Waals surface area contributed by atoms with Crippen molar-refractivity contribution in [3.05, 3.63) is 35.4 Å². The van der Waals surface area contributed by atoms with Gasteiger partial charge in [0.1, 0.15) is 0 Å². The molecule has 0 bridgehead atoms. The summed E-state index contributed by atoms with van der Waals surface area (Å²) < 4.78 is 0. The number of carbonyl (C=O) groups is 1. The van der Waals surface area contributed by atoms with Gasteiger partial charge in [0.2, 0.25) is 5.91 Å². The van der Waals surface area contributed by atoms with Crippen molar-refractivity contribution in [2.45, 2.75) is 52.9 Å². The highest BCUT2D eigenvalue weighted by molar-refractivity contribution is 5.84. The molecular weight excluding hydrogens is 258 g/mol. The van der Waals surface area contributed by atoms with Gasteiger partial charge in [0.15, 0.2) is 0 Å². The lowest BCUT2D eigenvalue weighted by atomic mass is 9.81. The van der Waals surface area contributed by atoms with Gasteiger partial charge in [-0.05, 0) is 48.1 Å². The highest BCUT2D eigenvalue weighted by Crippen LogP contribution is 2.31. The van der Waals surface area contributed by atoms with Crippen LogP contribution in [-0.4, -0.2) is 12.5 Å². The largest absolute Gasteiger partial charge is 0.355 e. The Bertz CT molecular complexity index is 470. The van der Waals surface area contributed by atoms with Crippen molar-refractivity contribution in [2.75, 3.05) is 6.54 Å². The molecule has 0 radical (unpaired) electrons. The number of aryl methyl sites for hydroxylation is 1. The lowest BCUT2D eigenvalue weighted by Crippen LogP contribution is -2.37. The van der Waals surface area contributed by atoms with E-state index in [9.17, 15) is 4.79 Å². The molecule has 0 spiro atoms. The summed E-state index contributed by atoms with van der Waals surface area (Å²) in [6.07, 6.45) is 3.21. The van der Waals surface area contributed by atoms with Gasteiger partial charge in [-0.1, -0.05) is 52.0 Å². The Kier molecular flexibility index (Phi) is 5.44. The Balaban J connectivity index is 2.02. The molecule has 2 nitrogen and oxygen atoms in total. The van der Waals surface area contributed by atoms with Crippen molar-refractivity contribution in [3.8, 4) is 0 Å². The van der Waals surface area contributed by atoms with Crippen molar-refractivity contribution in [1.29, 1.82) is 0 Å². The Morgan fingerprint density at radius 1 is 1.19 bits per heavy atom. The van der Waals surface area contributed by atoms with Crippen molar-refractivity contribution < 1.29 is 4.79 Å². The summed E-state index contributed by atoms with van der Waals surface area (Å²) in [7, 11) is 0. The standard InChI is InChI=1S/C19H29NO/c1-13(2)18(14(3)4)12-20-19(21)17-11-7-9-15-8-5-6-10-16(15)17/h5-6,8,10,13-14,17-18H,7,9,11-12H2,1-4H3,(H,20,21). The first-order valence-corrected chi connectivity index (χ1v) is 8.36. The molecule has 21 heavy (non-hydrogen) atoms. The topological polar surface area (TPSA) is 29.1 Å². The summed E-state index contributed by atoms with van der Waals surface area (Å²) >= 11 is 0. The molecule has 1 aromatic rings. The molecule has 1 atom stereocenters. The number of fused-ring (bicyclic) bond motifs is 1. The number of benzene rings is 1. The number of nitrogens with one attached hydrogen (secondary N) is 1. The van der Waals surface area contributed by atoms with E-state index in [1.54, 1.807) is 0 Å². The quantitative estimate of drug-likeness (QED) is 0.866. The second kappa shape index (κ2) is 7.11. The maximum Gasteiger partial charge on any atom is 0.227 e. The number of rotatable bonds is 5. The van der Waals surface area contributed by atoms with Crippen LogP contribution in [0.25, 0.3) is 0 Å². The fraction of sp³-hybridized carbons (Fsp3) is 0.632. The molecular formula is C19H29NO. The van der Waals surface area contributed by atoms with Gasteiger partial charge >= 0.3 is 0 Å². The van der Waals surface area contributed by atoms with E-state index in [1.165, 1.54) is 11.1 Å². The van der Waals surface area contributed by atoms with E-state index in [1.807, 2.05) is 0 Å². The van der Waals surface area contributed by atoms with E-state index < -0.39 is 0 Å². The van der Waals surface area contributed by atoms with E-state index in [4.69, 9.17) is 0 Å². The van der Waals surface area contributed by atoms with Gasteiger partial charge in [-0.3, -0.25) is 4.79 Å². The third-order valence-corrected chi connectivity index (χ3v) is 4.91. The third-order valence-electron chi connectivity index (χ3n) is 4.91. The second-order valence-electron chi connectivity index (χ2n) is 7.04. The summed E-state index contributed by atoms with van der Waals surface area (Å²) in [5, 5.41) is 3.22.